The molecule has 0 N–H and O–H groups in total. The number of hydrogen-bond acceptors (Lipinski definition) is 8. The zero-order chi connectivity index (χ0) is 30.6. The van der Waals surface area contributed by atoms with Gasteiger partial charge in [-0.3, -0.25) is 0 Å². The Morgan fingerprint density at radius 3 is 1.47 bits per heavy atom. The Hall–Kier alpha value is -5.24. The molecule has 0 bridgehead atoms. The highest BCUT2D eigenvalue weighted by Gasteiger charge is 2.20. The highest BCUT2D eigenvalue weighted by atomic mass is 16.5. The van der Waals surface area contributed by atoms with Gasteiger partial charge in [-0.05, 0) is 92.6 Å². The first kappa shape index (κ1) is 30.7. The van der Waals surface area contributed by atoms with Gasteiger partial charge < -0.3 is 28.4 Å². The van der Waals surface area contributed by atoms with Crippen LogP contribution in [0.2, 0.25) is 0 Å². The van der Waals surface area contributed by atoms with E-state index in [0.717, 1.165) is 11.1 Å². The van der Waals surface area contributed by atoms with Crippen molar-refractivity contribution in [3.8, 4) is 45.6 Å². The van der Waals surface area contributed by atoms with Crippen molar-refractivity contribution in [1.82, 2.24) is 0 Å². The van der Waals surface area contributed by atoms with Crippen molar-refractivity contribution in [2.45, 2.75) is 20.8 Å². The maximum absolute atomic E-state index is 13.0. The van der Waals surface area contributed by atoms with Gasteiger partial charge in [0.1, 0.15) is 23.9 Å². The Morgan fingerprint density at radius 2 is 1.02 bits per heavy atom. The zero-order valence-electron chi connectivity index (χ0n) is 24.5. The molecule has 8 nitrogen and oxygen atoms in total. The van der Waals surface area contributed by atoms with E-state index in [1.54, 1.807) is 66.7 Å². The number of esters is 2. The van der Waals surface area contributed by atoms with Crippen molar-refractivity contribution in [2.24, 2.45) is 0 Å². The van der Waals surface area contributed by atoms with Crippen LogP contribution in [0.25, 0.3) is 11.1 Å². The van der Waals surface area contributed by atoms with E-state index in [1.165, 1.54) is 0 Å². The average molecular weight is 583 g/mol. The summed E-state index contributed by atoms with van der Waals surface area (Å²) in [5, 5.41) is 0. The molecule has 4 aromatic rings. The van der Waals surface area contributed by atoms with Crippen LogP contribution in [-0.2, 0) is 0 Å². The lowest BCUT2D eigenvalue weighted by Gasteiger charge is -2.16. The van der Waals surface area contributed by atoms with Crippen LogP contribution in [-0.4, -0.2) is 38.4 Å². The third kappa shape index (κ3) is 8.16. The van der Waals surface area contributed by atoms with Gasteiger partial charge in [-0.25, -0.2) is 9.59 Å². The second kappa shape index (κ2) is 15.1. The molecule has 0 atom stereocenters. The summed E-state index contributed by atoms with van der Waals surface area (Å²) in [5.41, 5.74) is 2.48. The fourth-order valence-electron chi connectivity index (χ4n) is 4.11. The molecule has 0 radical (unpaired) electrons. The molecular weight excluding hydrogens is 548 g/mol. The molecule has 0 aliphatic rings. The fraction of sp³-hybridized carbons (Fsp3) is 0.200. The molecule has 0 aliphatic carbocycles. The van der Waals surface area contributed by atoms with E-state index in [-0.39, 0.29) is 5.56 Å². The lowest BCUT2D eigenvalue weighted by atomic mass is 10.1. The monoisotopic (exact) mass is 582 g/mol. The van der Waals surface area contributed by atoms with Gasteiger partial charge in [0.15, 0.2) is 11.5 Å². The van der Waals surface area contributed by atoms with Gasteiger partial charge in [0.25, 0.3) is 0 Å². The van der Waals surface area contributed by atoms with Gasteiger partial charge >= 0.3 is 11.9 Å². The minimum atomic E-state index is -0.553. The van der Waals surface area contributed by atoms with E-state index in [9.17, 15) is 9.59 Å². The topological polar surface area (TPSA) is 89.5 Å². The standard InChI is InChI=1S/C35H34O8/c1-5-21-41-28-15-13-26(14-16-28)34(36)42-29-17-9-24(10-18-29)25-11-19-30(20-12-25)43-35(37)27-22-31(38-6-2)33(40-8-4)32(23-27)39-7-3/h5,9-20,22-23H,1,6-8,21H2,2-4H3. The summed E-state index contributed by atoms with van der Waals surface area (Å²) in [6.07, 6.45) is 1.65. The Kier molecular flexibility index (Phi) is 10.8. The molecule has 4 rings (SSSR count). The fourth-order valence-corrected chi connectivity index (χ4v) is 4.11. The molecule has 0 amide bonds. The van der Waals surface area contributed by atoms with Crippen molar-refractivity contribution < 1.29 is 38.0 Å². The first-order valence-electron chi connectivity index (χ1n) is 14.0. The van der Waals surface area contributed by atoms with Gasteiger partial charge in [-0.1, -0.05) is 36.9 Å². The number of rotatable bonds is 14. The molecule has 43 heavy (non-hydrogen) atoms. The van der Waals surface area contributed by atoms with Crippen LogP contribution in [0.4, 0.5) is 0 Å². The quantitative estimate of drug-likeness (QED) is 0.0855. The van der Waals surface area contributed by atoms with Gasteiger partial charge in [-0.15, -0.1) is 0 Å². The summed E-state index contributed by atoms with van der Waals surface area (Å²) >= 11 is 0. The summed E-state index contributed by atoms with van der Waals surface area (Å²) in [6.45, 7) is 10.8. The molecule has 0 spiro atoms. The van der Waals surface area contributed by atoms with Gasteiger partial charge in [0.05, 0.1) is 30.9 Å². The summed E-state index contributed by atoms with van der Waals surface area (Å²) in [6, 6.07) is 24.1. The van der Waals surface area contributed by atoms with Crippen LogP contribution in [0.3, 0.4) is 0 Å². The number of carbonyl (C=O) groups is 2. The number of benzene rings is 4. The summed E-state index contributed by atoms with van der Waals surface area (Å²) < 4.78 is 33.7. The van der Waals surface area contributed by atoms with Crippen molar-refractivity contribution in [1.29, 1.82) is 0 Å². The normalized spacial score (nSPS) is 10.4. The number of carbonyl (C=O) groups excluding carboxylic acids is 2. The van der Waals surface area contributed by atoms with Gasteiger partial charge in [0, 0.05) is 0 Å². The second-order valence-electron chi connectivity index (χ2n) is 9.05. The minimum absolute atomic E-state index is 0.279. The number of hydrogen-bond donors (Lipinski definition) is 0. The maximum atomic E-state index is 13.0. The lowest BCUT2D eigenvalue weighted by Crippen LogP contribution is -2.11. The van der Waals surface area contributed by atoms with E-state index in [2.05, 4.69) is 6.58 Å². The Labute approximate surface area is 251 Å². The van der Waals surface area contributed by atoms with Crippen LogP contribution in [0.5, 0.6) is 34.5 Å². The van der Waals surface area contributed by atoms with Crippen LogP contribution < -0.4 is 28.4 Å². The molecule has 0 heterocycles. The molecular formula is C35H34O8. The molecule has 0 unspecified atom stereocenters. The van der Waals surface area contributed by atoms with Gasteiger partial charge in [0.2, 0.25) is 5.75 Å². The van der Waals surface area contributed by atoms with Gasteiger partial charge in [-0.2, -0.15) is 0 Å². The van der Waals surface area contributed by atoms with Crippen molar-refractivity contribution in [3.05, 3.63) is 109 Å². The molecule has 0 aromatic heterocycles. The minimum Gasteiger partial charge on any atom is -0.490 e. The van der Waals surface area contributed by atoms with E-state index in [4.69, 9.17) is 28.4 Å². The van der Waals surface area contributed by atoms with Crippen molar-refractivity contribution in [3.63, 3.8) is 0 Å². The van der Waals surface area contributed by atoms with Crippen LogP contribution in [0, 0.1) is 0 Å². The maximum Gasteiger partial charge on any atom is 0.343 e. The second-order valence-corrected chi connectivity index (χ2v) is 9.05. The summed E-state index contributed by atoms with van der Waals surface area (Å²) in [4.78, 5) is 25.5. The van der Waals surface area contributed by atoms with E-state index < -0.39 is 11.9 Å². The largest absolute Gasteiger partial charge is 0.490 e. The van der Waals surface area contributed by atoms with Crippen molar-refractivity contribution >= 4 is 11.9 Å². The summed E-state index contributed by atoms with van der Waals surface area (Å²) in [5.74, 6) is 1.70. The first-order valence-corrected chi connectivity index (χ1v) is 14.0. The molecule has 222 valence electrons. The van der Waals surface area contributed by atoms with E-state index in [0.29, 0.717) is 66.5 Å². The Bertz CT molecular complexity index is 1500. The Morgan fingerprint density at radius 1 is 0.581 bits per heavy atom. The molecule has 0 saturated carbocycles. The predicted octanol–water partition coefficient (Wildman–Crippen LogP) is 7.55. The van der Waals surface area contributed by atoms with E-state index in [1.807, 2.05) is 45.0 Å². The van der Waals surface area contributed by atoms with Crippen LogP contribution in [0.15, 0.2) is 97.6 Å². The average Bonchev–Trinajstić information content (AvgIpc) is 3.02. The summed E-state index contributed by atoms with van der Waals surface area (Å²) in [7, 11) is 0. The molecule has 0 fully saturated rings. The van der Waals surface area contributed by atoms with Crippen LogP contribution >= 0.6 is 0 Å². The predicted molar refractivity (Wildman–Crippen MR) is 164 cm³/mol. The zero-order valence-corrected chi connectivity index (χ0v) is 24.5. The highest BCUT2D eigenvalue weighted by molar-refractivity contribution is 5.93. The van der Waals surface area contributed by atoms with Crippen LogP contribution in [0.1, 0.15) is 41.5 Å². The Balaban J connectivity index is 1.40. The third-order valence-electron chi connectivity index (χ3n) is 6.07. The smallest absolute Gasteiger partial charge is 0.343 e. The first-order chi connectivity index (χ1) is 20.9. The molecule has 4 aromatic carbocycles. The SMILES string of the molecule is C=CCOc1ccc(C(=O)Oc2ccc(-c3ccc(OC(=O)c4cc(OCC)c(OCC)c(OCC)c4)cc3)cc2)cc1. The third-order valence-corrected chi connectivity index (χ3v) is 6.07. The molecule has 8 heteroatoms. The highest BCUT2D eigenvalue weighted by Crippen LogP contribution is 2.39. The lowest BCUT2D eigenvalue weighted by molar-refractivity contribution is 0.0724. The van der Waals surface area contributed by atoms with E-state index >= 15 is 0 Å². The van der Waals surface area contributed by atoms with Crippen molar-refractivity contribution in [2.75, 3.05) is 26.4 Å². The number of ether oxygens (including phenoxy) is 6. The molecule has 0 aliphatic heterocycles. The molecule has 0 saturated heterocycles.